The van der Waals surface area contributed by atoms with Crippen LogP contribution in [0.15, 0.2) is 30.5 Å². The molecule has 12 heteroatoms. The van der Waals surface area contributed by atoms with E-state index in [1.54, 1.807) is 17.2 Å². The molecule has 3 heterocycles. The number of nitrogens with zero attached hydrogens (tertiary/aromatic N) is 5. The Bertz CT molecular complexity index is 1330. The van der Waals surface area contributed by atoms with E-state index >= 15 is 0 Å². The maximum absolute atomic E-state index is 13.3. The molecular formula is C27H36F3N7O2. The highest BCUT2D eigenvalue weighted by Gasteiger charge is 2.33. The third kappa shape index (κ3) is 7.30. The molecule has 0 saturated carbocycles. The highest BCUT2D eigenvalue weighted by molar-refractivity contribution is 5.76. The predicted molar refractivity (Wildman–Crippen MR) is 144 cm³/mol. The van der Waals surface area contributed by atoms with E-state index in [-0.39, 0.29) is 23.4 Å². The fourth-order valence-corrected chi connectivity index (χ4v) is 4.50. The van der Waals surface area contributed by atoms with Gasteiger partial charge in [-0.1, -0.05) is 6.07 Å². The van der Waals surface area contributed by atoms with E-state index in [0.29, 0.717) is 42.6 Å². The van der Waals surface area contributed by atoms with E-state index in [4.69, 9.17) is 4.74 Å². The van der Waals surface area contributed by atoms with Gasteiger partial charge in [0.1, 0.15) is 11.1 Å². The zero-order valence-electron chi connectivity index (χ0n) is 23.2. The van der Waals surface area contributed by atoms with E-state index < -0.39 is 17.3 Å². The van der Waals surface area contributed by atoms with Gasteiger partial charge in [-0.2, -0.15) is 18.2 Å². The smallest absolute Gasteiger partial charge is 0.416 e. The third-order valence-electron chi connectivity index (χ3n) is 6.11. The predicted octanol–water partition coefficient (Wildman–Crippen LogP) is 6.59. The normalized spacial score (nSPS) is 16.5. The molecule has 2 aromatic heterocycles. The lowest BCUT2D eigenvalue weighted by molar-refractivity contribution is -0.137. The second-order valence-electron chi connectivity index (χ2n) is 11.8. The first-order chi connectivity index (χ1) is 18.1. The SMILES string of the molecule is CC(C)(C)Nc1ncc2nc(Nc3cccc(C(F)(F)F)c3)n(CCC3CCCN3C(=O)OC(C)(C)C)c2n1. The zero-order valence-corrected chi connectivity index (χ0v) is 23.2. The number of aryl methyl sites for hydroxylation is 1. The van der Waals surface area contributed by atoms with Gasteiger partial charge in [0.05, 0.1) is 11.8 Å². The Hall–Kier alpha value is -3.57. The molecule has 1 atom stereocenters. The number of nitrogens with one attached hydrogen (secondary N) is 2. The fraction of sp³-hybridized carbons (Fsp3) is 0.556. The number of ether oxygens (including phenoxy) is 1. The van der Waals surface area contributed by atoms with E-state index in [1.807, 2.05) is 46.1 Å². The number of imidazole rings is 1. The van der Waals surface area contributed by atoms with Crippen molar-refractivity contribution in [2.24, 2.45) is 0 Å². The Balaban J connectivity index is 1.65. The Kier molecular flexibility index (Phi) is 7.68. The molecule has 1 fully saturated rings. The van der Waals surface area contributed by atoms with Gasteiger partial charge in [0.25, 0.3) is 0 Å². The van der Waals surface area contributed by atoms with Crippen molar-refractivity contribution in [2.75, 3.05) is 17.2 Å². The summed E-state index contributed by atoms with van der Waals surface area (Å²) >= 11 is 0. The molecule has 0 bridgehead atoms. The minimum Gasteiger partial charge on any atom is -0.444 e. The molecule has 1 saturated heterocycles. The lowest BCUT2D eigenvalue weighted by Gasteiger charge is -2.28. The molecule has 3 aromatic rings. The number of halogens is 3. The van der Waals surface area contributed by atoms with Crippen molar-refractivity contribution >= 4 is 34.8 Å². The standard InChI is InChI=1S/C27H36F3N7O2/c1-25(2,3)35-22-31-16-20-21(34-22)37(14-12-19-11-8-13-36(19)24(38)39-26(4,5)6)23(33-20)32-18-10-7-9-17(15-18)27(28,29)30/h7,9-10,15-16,19H,8,11-14H2,1-6H3,(H,32,33)(H,31,34,35). The molecule has 2 N–H and O–H groups in total. The summed E-state index contributed by atoms with van der Waals surface area (Å²) in [7, 11) is 0. The van der Waals surface area contributed by atoms with Gasteiger partial charge in [-0.25, -0.2) is 14.8 Å². The Labute approximate surface area is 226 Å². The quantitative estimate of drug-likeness (QED) is 0.359. The zero-order chi connectivity index (χ0) is 28.6. The summed E-state index contributed by atoms with van der Waals surface area (Å²) in [6, 6.07) is 4.92. The van der Waals surface area contributed by atoms with E-state index in [0.717, 1.165) is 25.0 Å². The van der Waals surface area contributed by atoms with Crippen molar-refractivity contribution < 1.29 is 22.7 Å². The number of benzene rings is 1. The van der Waals surface area contributed by atoms with Gasteiger partial charge in [-0.15, -0.1) is 0 Å². The minimum atomic E-state index is -4.47. The van der Waals surface area contributed by atoms with Crippen molar-refractivity contribution in [3.05, 3.63) is 36.0 Å². The number of anilines is 3. The Morgan fingerprint density at radius 2 is 1.87 bits per heavy atom. The number of amides is 1. The second-order valence-corrected chi connectivity index (χ2v) is 11.8. The summed E-state index contributed by atoms with van der Waals surface area (Å²) in [5.41, 5.74) is -0.355. The third-order valence-corrected chi connectivity index (χ3v) is 6.11. The maximum atomic E-state index is 13.3. The van der Waals surface area contributed by atoms with Crippen molar-refractivity contribution in [1.82, 2.24) is 24.4 Å². The number of carbonyl (C=O) groups excluding carboxylic acids is 1. The van der Waals surface area contributed by atoms with Crippen LogP contribution in [0.5, 0.6) is 0 Å². The number of hydrogen-bond donors (Lipinski definition) is 2. The second kappa shape index (κ2) is 10.5. The summed E-state index contributed by atoms with van der Waals surface area (Å²) < 4.78 is 47.4. The van der Waals surface area contributed by atoms with Crippen LogP contribution in [0.2, 0.25) is 0 Å². The van der Waals surface area contributed by atoms with Crippen molar-refractivity contribution in [1.29, 1.82) is 0 Å². The topological polar surface area (TPSA) is 97.2 Å². The number of carbonyl (C=O) groups is 1. The molecule has 1 aliphatic rings. The molecular weight excluding hydrogens is 511 g/mol. The molecule has 1 amide bonds. The summed E-state index contributed by atoms with van der Waals surface area (Å²) in [6.07, 6.45) is -0.938. The van der Waals surface area contributed by atoms with E-state index in [9.17, 15) is 18.0 Å². The van der Waals surface area contributed by atoms with Gasteiger partial charge in [0, 0.05) is 30.4 Å². The van der Waals surface area contributed by atoms with Crippen LogP contribution < -0.4 is 10.6 Å². The van der Waals surface area contributed by atoms with Crippen molar-refractivity contribution in [3.63, 3.8) is 0 Å². The maximum Gasteiger partial charge on any atom is 0.416 e. The average molecular weight is 548 g/mol. The van der Waals surface area contributed by atoms with Crippen molar-refractivity contribution in [2.45, 2.75) is 90.7 Å². The highest BCUT2D eigenvalue weighted by Crippen LogP contribution is 2.32. The van der Waals surface area contributed by atoms with E-state index in [2.05, 4.69) is 25.6 Å². The van der Waals surface area contributed by atoms with Crippen LogP contribution in [0, 0.1) is 0 Å². The number of alkyl halides is 3. The van der Waals surface area contributed by atoms with Crippen LogP contribution in [0.25, 0.3) is 11.2 Å². The molecule has 1 aromatic carbocycles. The first kappa shape index (κ1) is 28.4. The fourth-order valence-electron chi connectivity index (χ4n) is 4.50. The summed E-state index contributed by atoms with van der Waals surface area (Å²) in [5.74, 6) is 0.756. The van der Waals surface area contributed by atoms with Crippen LogP contribution in [-0.2, 0) is 17.5 Å². The van der Waals surface area contributed by atoms with Gasteiger partial charge < -0.3 is 20.3 Å². The molecule has 4 rings (SSSR count). The molecule has 1 aliphatic heterocycles. The molecule has 0 aliphatic carbocycles. The minimum absolute atomic E-state index is 0.0484. The van der Waals surface area contributed by atoms with Crippen LogP contribution in [-0.4, -0.2) is 54.2 Å². The largest absolute Gasteiger partial charge is 0.444 e. The number of likely N-dealkylation sites (tertiary alicyclic amines) is 1. The van der Waals surface area contributed by atoms with Gasteiger partial charge >= 0.3 is 12.3 Å². The van der Waals surface area contributed by atoms with Gasteiger partial charge in [-0.3, -0.25) is 4.57 Å². The Morgan fingerprint density at radius 1 is 1.13 bits per heavy atom. The lowest BCUT2D eigenvalue weighted by Crippen LogP contribution is -2.40. The van der Waals surface area contributed by atoms with Gasteiger partial charge in [0.2, 0.25) is 11.9 Å². The monoisotopic (exact) mass is 547 g/mol. The molecule has 1 unspecified atom stereocenters. The summed E-state index contributed by atoms with van der Waals surface area (Å²) in [4.78, 5) is 28.2. The molecule has 9 nitrogen and oxygen atoms in total. The highest BCUT2D eigenvalue weighted by atomic mass is 19.4. The van der Waals surface area contributed by atoms with E-state index in [1.165, 1.54) is 6.07 Å². The first-order valence-electron chi connectivity index (χ1n) is 13.0. The Morgan fingerprint density at radius 3 is 2.54 bits per heavy atom. The van der Waals surface area contributed by atoms with Crippen LogP contribution in [0.4, 0.5) is 35.5 Å². The van der Waals surface area contributed by atoms with Crippen LogP contribution >= 0.6 is 0 Å². The molecule has 212 valence electrons. The van der Waals surface area contributed by atoms with Crippen LogP contribution in [0.1, 0.15) is 66.4 Å². The summed E-state index contributed by atoms with van der Waals surface area (Å²) in [6.45, 7) is 12.5. The number of fused-ring (bicyclic) bond motifs is 1. The molecule has 0 radical (unpaired) electrons. The first-order valence-corrected chi connectivity index (χ1v) is 13.0. The molecule has 0 spiro atoms. The average Bonchev–Trinajstić information content (AvgIpc) is 3.39. The van der Waals surface area contributed by atoms with Gasteiger partial charge in [0.15, 0.2) is 5.65 Å². The number of hydrogen-bond acceptors (Lipinski definition) is 7. The number of rotatable bonds is 6. The lowest BCUT2D eigenvalue weighted by atomic mass is 10.1. The summed E-state index contributed by atoms with van der Waals surface area (Å²) in [5, 5.41) is 6.29. The van der Waals surface area contributed by atoms with Gasteiger partial charge in [-0.05, 0) is 79.0 Å². The number of aromatic nitrogens is 4. The van der Waals surface area contributed by atoms with Crippen molar-refractivity contribution in [3.8, 4) is 0 Å². The molecule has 39 heavy (non-hydrogen) atoms. The van der Waals surface area contributed by atoms with Crippen LogP contribution in [0.3, 0.4) is 0 Å².